The number of nitrogens with one attached hydrogen (secondary N) is 1. The molecule has 0 aromatic heterocycles. The lowest BCUT2D eigenvalue weighted by Gasteiger charge is -2.35. The van der Waals surface area contributed by atoms with E-state index in [2.05, 4.69) is 50.4 Å². The molecule has 2 rings (SSSR count). The molecule has 1 saturated carbocycles. The molecule has 0 saturated heterocycles. The summed E-state index contributed by atoms with van der Waals surface area (Å²) < 4.78 is 0. The molecule has 0 atom stereocenters. The van der Waals surface area contributed by atoms with Crippen molar-refractivity contribution >= 4 is 5.69 Å². The topological polar surface area (TPSA) is 12.0 Å². The summed E-state index contributed by atoms with van der Waals surface area (Å²) in [4.78, 5) is 0. The van der Waals surface area contributed by atoms with Crippen LogP contribution in [0.3, 0.4) is 0 Å². The van der Waals surface area contributed by atoms with Gasteiger partial charge < -0.3 is 5.32 Å². The van der Waals surface area contributed by atoms with Crippen molar-refractivity contribution in [3.8, 4) is 0 Å². The molecule has 17 heavy (non-hydrogen) atoms. The Labute approximate surface area is 106 Å². The van der Waals surface area contributed by atoms with E-state index in [9.17, 15) is 0 Å². The Balaban J connectivity index is 1.93. The van der Waals surface area contributed by atoms with Gasteiger partial charge in [-0.15, -0.1) is 0 Å². The highest BCUT2D eigenvalue weighted by Gasteiger charge is 2.26. The van der Waals surface area contributed by atoms with Crippen LogP contribution in [0.1, 0.15) is 52.0 Å². The summed E-state index contributed by atoms with van der Waals surface area (Å²) in [5.74, 6) is 0. The Kier molecular flexibility index (Phi) is 3.76. The van der Waals surface area contributed by atoms with E-state index in [1.165, 1.54) is 36.9 Å². The van der Waals surface area contributed by atoms with Crippen molar-refractivity contribution in [1.29, 1.82) is 0 Å². The molecule has 1 aromatic rings. The van der Waals surface area contributed by atoms with Crippen molar-refractivity contribution in [2.75, 3.05) is 5.32 Å². The quantitative estimate of drug-likeness (QED) is 0.799. The van der Waals surface area contributed by atoms with Gasteiger partial charge in [0.25, 0.3) is 0 Å². The van der Waals surface area contributed by atoms with Crippen LogP contribution in [0, 0.1) is 5.41 Å². The minimum atomic E-state index is 0.559. The van der Waals surface area contributed by atoms with Crippen LogP contribution < -0.4 is 5.32 Å². The average Bonchev–Trinajstić information content (AvgIpc) is 2.32. The second-order valence-electron chi connectivity index (χ2n) is 6.14. The molecule has 0 radical (unpaired) electrons. The fourth-order valence-corrected chi connectivity index (χ4v) is 2.66. The lowest BCUT2D eigenvalue weighted by molar-refractivity contribution is 0.232. The molecular formula is C16H25N. The van der Waals surface area contributed by atoms with Gasteiger partial charge in [-0.25, -0.2) is 0 Å². The summed E-state index contributed by atoms with van der Waals surface area (Å²) >= 11 is 0. The van der Waals surface area contributed by atoms with Gasteiger partial charge in [0.2, 0.25) is 0 Å². The first kappa shape index (κ1) is 12.5. The summed E-state index contributed by atoms with van der Waals surface area (Å²) in [6.45, 7) is 6.99. The largest absolute Gasteiger partial charge is 0.382 e. The molecule has 1 aliphatic rings. The van der Waals surface area contributed by atoms with Gasteiger partial charge in [0.1, 0.15) is 0 Å². The number of hydrogen-bond acceptors (Lipinski definition) is 1. The highest BCUT2D eigenvalue weighted by molar-refractivity contribution is 5.46. The molecular weight excluding hydrogens is 206 g/mol. The number of hydrogen-bond donors (Lipinski definition) is 1. The molecule has 1 nitrogen and oxygen atoms in total. The Morgan fingerprint density at radius 1 is 1.24 bits per heavy atom. The van der Waals surface area contributed by atoms with E-state index >= 15 is 0 Å². The molecule has 0 unspecified atom stereocenters. The van der Waals surface area contributed by atoms with Gasteiger partial charge in [-0.05, 0) is 55.2 Å². The van der Waals surface area contributed by atoms with Crippen molar-refractivity contribution in [2.24, 2.45) is 5.41 Å². The first-order valence-corrected chi connectivity index (χ1v) is 6.94. The monoisotopic (exact) mass is 231 g/mol. The van der Waals surface area contributed by atoms with Gasteiger partial charge >= 0.3 is 0 Å². The molecule has 1 aliphatic carbocycles. The van der Waals surface area contributed by atoms with Crippen LogP contribution in [0.2, 0.25) is 0 Å². The SMILES string of the molecule is CCc1cccc(NC2CCC(C)(C)CC2)c1. The lowest BCUT2D eigenvalue weighted by Crippen LogP contribution is -2.29. The average molecular weight is 231 g/mol. The molecule has 0 aliphatic heterocycles. The van der Waals surface area contributed by atoms with E-state index < -0.39 is 0 Å². The van der Waals surface area contributed by atoms with Crippen LogP contribution in [0.15, 0.2) is 24.3 Å². The van der Waals surface area contributed by atoms with Crippen LogP contribution in [0.4, 0.5) is 5.69 Å². The zero-order valence-electron chi connectivity index (χ0n) is 11.4. The van der Waals surface area contributed by atoms with Crippen molar-refractivity contribution in [2.45, 2.75) is 58.9 Å². The van der Waals surface area contributed by atoms with Gasteiger partial charge in [0, 0.05) is 11.7 Å². The third-order valence-electron chi connectivity index (χ3n) is 4.05. The van der Waals surface area contributed by atoms with Crippen LogP contribution in [0.25, 0.3) is 0 Å². The Morgan fingerprint density at radius 2 is 1.94 bits per heavy atom. The van der Waals surface area contributed by atoms with Gasteiger partial charge in [-0.1, -0.05) is 32.9 Å². The molecule has 0 heterocycles. The van der Waals surface area contributed by atoms with Gasteiger partial charge in [0.15, 0.2) is 0 Å². The van der Waals surface area contributed by atoms with Crippen molar-refractivity contribution in [3.05, 3.63) is 29.8 Å². The minimum Gasteiger partial charge on any atom is -0.382 e. The third-order valence-corrected chi connectivity index (χ3v) is 4.05. The molecule has 1 heteroatoms. The van der Waals surface area contributed by atoms with Gasteiger partial charge in [-0.3, -0.25) is 0 Å². The number of benzene rings is 1. The summed E-state index contributed by atoms with van der Waals surface area (Å²) in [5, 5.41) is 3.69. The Hall–Kier alpha value is -0.980. The molecule has 1 aromatic carbocycles. The van der Waals surface area contributed by atoms with Gasteiger partial charge in [0.05, 0.1) is 0 Å². The summed E-state index contributed by atoms with van der Waals surface area (Å²) in [6, 6.07) is 9.53. The van der Waals surface area contributed by atoms with E-state index in [-0.39, 0.29) is 0 Å². The van der Waals surface area contributed by atoms with E-state index in [0.717, 1.165) is 6.42 Å². The first-order chi connectivity index (χ1) is 8.09. The van der Waals surface area contributed by atoms with Crippen LogP contribution in [0.5, 0.6) is 0 Å². The van der Waals surface area contributed by atoms with E-state index in [1.807, 2.05) is 0 Å². The highest BCUT2D eigenvalue weighted by Crippen LogP contribution is 2.36. The maximum absolute atomic E-state index is 3.69. The van der Waals surface area contributed by atoms with Crippen LogP contribution in [-0.4, -0.2) is 6.04 Å². The molecule has 0 spiro atoms. The normalized spacial score (nSPS) is 20.2. The van der Waals surface area contributed by atoms with Crippen molar-refractivity contribution in [3.63, 3.8) is 0 Å². The fraction of sp³-hybridized carbons (Fsp3) is 0.625. The second-order valence-corrected chi connectivity index (χ2v) is 6.14. The Morgan fingerprint density at radius 3 is 2.59 bits per heavy atom. The van der Waals surface area contributed by atoms with E-state index in [4.69, 9.17) is 0 Å². The number of anilines is 1. The van der Waals surface area contributed by atoms with E-state index in [0.29, 0.717) is 11.5 Å². The summed E-state index contributed by atoms with van der Waals surface area (Å²) in [6.07, 6.45) is 6.43. The van der Waals surface area contributed by atoms with Crippen molar-refractivity contribution < 1.29 is 0 Å². The summed E-state index contributed by atoms with van der Waals surface area (Å²) in [5.41, 5.74) is 3.28. The molecule has 0 amide bonds. The second kappa shape index (κ2) is 5.12. The van der Waals surface area contributed by atoms with Crippen LogP contribution >= 0.6 is 0 Å². The van der Waals surface area contributed by atoms with E-state index in [1.54, 1.807) is 0 Å². The molecule has 1 fully saturated rings. The lowest BCUT2D eigenvalue weighted by atomic mass is 9.75. The minimum absolute atomic E-state index is 0.559. The zero-order valence-corrected chi connectivity index (χ0v) is 11.4. The smallest absolute Gasteiger partial charge is 0.0345 e. The zero-order chi connectivity index (χ0) is 12.3. The Bertz CT molecular complexity index is 358. The highest BCUT2D eigenvalue weighted by atomic mass is 14.9. The molecule has 1 N–H and O–H groups in total. The fourth-order valence-electron chi connectivity index (χ4n) is 2.66. The summed E-state index contributed by atoms with van der Waals surface area (Å²) in [7, 11) is 0. The molecule has 0 bridgehead atoms. The van der Waals surface area contributed by atoms with Gasteiger partial charge in [-0.2, -0.15) is 0 Å². The predicted molar refractivity (Wildman–Crippen MR) is 75.5 cm³/mol. The van der Waals surface area contributed by atoms with Crippen molar-refractivity contribution in [1.82, 2.24) is 0 Å². The maximum Gasteiger partial charge on any atom is 0.0345 e. The maximum atomic E-state index is 3.69. The molecule has 94 valence electrons. The standard InChI is InChI=1S/C16H25N/c1-4-13-6-5-7-15(12-13)17-14-8-10-16(2,3)11-9-14/h5-7,12,14,17H,4,8-11H2,1-3H3. The van der Waals surface area contributed by atoms with Crippen LogP contribution in [-0.2, 0) is 6.42 Å². The number of rotatable bonds is 3. The predicted octanol–water partition coefficient (Wildman–Crippen LogP) is 4.63. The number of aryl methyl sites for hydroxylation is 1. The first-order valence-electron chi connectivity index (χ1n) is 6.94. The third kappa shape index (κ3) is 3.49.